The molecular formula is C28H25BrFN5O2. The number of nitrogens with zero attached hydrogens (tertiary/aromatic N) is 4. The van der Waals surface area contributed by atoms with Crippen LogP contribution in [0.4, 0.5) is 4.39 Å². The fraction of sp³-hybridized carbons (Fsp3) is 0.250. The Kier molecular flexibility index (Phi) is 6.36. The molecule has 5 aromatic rings. The molecule has 0 spiro atoms. The molecule has 1 unspecified atom stereocenters. The summed E-state index contributed by atoms with van der Waals surface area (Å²) in [5.74, 6) is 0.215. The monoisotopic (exact) mass is 561 g/mol. The molecular weight excluding hydrogens is 537 g/mol. The number of rotatable bonds is 6. The van der Waals surface area contributed by atoms with Crippen molar-refractivity contribution >= 4 is 27.0 Å². The van der Waals surface area contributed by atoms with E-state index < -0.39 is 5.82 Å². The van der Waals surface area contributed by atoms with Gasteiger partial charge in [-0.05, 0) is 70.1 Å². The number of aliphatic hydroxyl groups is 1. The first-order chi connectivity index (χ1) is 18.0. The van der Waals surface area contributed by atoms with E-state index in [4.69, 9.17) is 9.40 Å². The van der Waals surface area contributed by atoms with Crippen LogP contribution in [0.15, 0.2) is 69.8 Å². The number of oxazole rings is 1. The zero-order chi connectivity index (χ0) is 25.5. The highest BCUT2D eigenvalue weighted by atomic mass is 79.9. The highest BCUT2D eigenvalue weighted by Gasteiger charge is 2.27. The van der Waals surface area contributed by atoms with E-state index in [0.29, 0.717) is 29.0 Å². The second-order valence-electron chi connectivity index (χ2n) is 9.41. The van der Waals surface area contributed by atoms with Crippen LogP contribution in [-0.4, -0.2) is 37.0 Å². The van der Waals surface area contributed by atoms with Gasteiger partial charge in [0.1, 0.15) is 17.7 Å². The lowest BCUT2D eigenvalue weighted by atomic mass is 9.94. The SMILES string of the molecule is Cn1cnnc1-c1c(-c2ccccc2)ccc(F)c1-c1nc2cc(CNC3CCC[C@H]3O)cc(Br)c2o1. The van der Waals surface area contributed by atoms with E-state index in [9.17, 15) is 5.11 Å². The minimum Gasteiger partial charge on any atom is -0.435 e. The van der Waals surface area contributed by atoms with Crippen LogP contribution in [0.3, 0.4) is 0 Å². The van der Waals surface area contributed by atoms with Gasteiger partial charge in [-0.25, -0.2) is 9.37 Å². The van der Waals surface area contributed by atoms with Crippen LogP contribution in [0, 0.1) is 5.82 Å². The van der Waals surface area contributed by atoms with Gasteiger partial charge in [0.25, 0.3) is 0 Å². The number of nitrogens with one attached hydrogen (secondary N) is 1. The van der Waals surface area contributed by atoms with Gasteiger partial charge in [-0.3, -0.25) is 0 Å². The van der Waals surface area contributed by atoms with Crippen LogP contribution < -0.4 is 5.32 Å². The number of benzene rings is 3. The average Bonchev–Trinajstić information content (AvgIpc) is 3.63. The summed E-state index contributed by atoms with van der Waals surface area (Å²) < 4.78 is 24.2. The molecule has 2 atom stereocenters. The largest absolute Gasteiger partial charge is 0.435 e. The lowest BCUT2D eigenvalue weighted by molar-refractivity contribution is 0.148. The van der Waals surface area contributed by atoms with Crippen molar-refractivity contribution in [1.29, 1.82) is 0 Å². The van der Waals surface area contributed by atoms with Gasteiger partial charge < -0.3 is 19.4 Å². The summed E-state index contributed by atoms with van der Waals surface area (Å²) in [5, 5.41) is 21.9. The summed E-state index contributed by atoms with van der Waals surface area (Å²) in [4.78, 5) is 4.72. The van der Waals surface area contributed by atoms with Gasteiger partial charge in [0, 0.05) is 25.2 Å². The van der Waals surface area contributed by atoms with Crippen molar-refractivity contribution in [3.8, 4) is 34.0 Å². The molecule has 1 saturated carbocycles. The Bertz CT molecular complexity index is 1580. The Balaban J connectivity index is 1.47. The fourth-order valence-electron chi connectivity index (χ4n) is 5.07. The topological polar surface area (TPSA) is 89.0 Å². The third kappa shape index (κ3) is 4.47. The molecule has 2 heterocycles. The summed E-state index contributed by atoms with van der Waals surface area (Å²) in [6, 6.07) is 16.9. The fourth-order valence-corrected chi connectivity index (χ4v) is 5.65. The predicted octanol–water partition coefficient (Wildman–Crippen LogP) is 5.86. The Morgan fingerprint density at radius 1 is 1.14 bits per heavy atom. The molecule has 7 nitrogen and oxygen atoms in total. The molecule has 188 valence electrons. The van der Waals surface area contributed by atoms with Crippen LogP contribution in [0.5, 0.6) is 0 Å². The minimum atomic E-state index is -0.461. The van der Waals surface area contributed by atoms with Crippen molar-refractivity contribution < 1.29 is 13.9 Å². The Morgan fingerprint density at radius 2 is 1.97 bits per heavy atom. The first kappa shape index (κ1) is 24.0. The van der Waals surface area contributed by atoms with E-state index in [1.54, 1.807) is 17.0 Å². The summed E-state index contributed by atoms with van der Waals surface area (Å²) in [7, 11) is 1.82. The van der Waals surface area contributed by atoms with Crippen molar-refractivity contribution in [1.82, 2.24) is 25.1 Å². The van der Waals surface area contributed by atoms with Crippen LogP contribution in [0.1, 0.15) is 24.8 Å². The second kappa shape index (κ2) is 9.81. The zero-order valence-corrected chi connectivity index (χ0v) is 21.7. The van der Waals surface area contributed by atoms with Crippen LogP contribution >= 0.6 is 15.9 Å². The Morgan fingerprint density at radius 3 is 2.70 bits per heavy atom. The maximum absolute atomic E-state index is 15.6. The zero-order valence-electron chi connectivity index (χ0n) is 20.2. The third-order valence-corrected chi connectivity index (χ3v) is 7.53. The van der Waals surface area contributed by atoms with Crippen molar-refractivity contribution in [2.24, 2.45) is 7.05 Å². The standard InChI is InChI=1S/C28H25BrFN5O2/c1-35-15-32-34-27(35)24-18(17-6-3-2-4-7-17)10-11-20(30)25(24)28-33-22-13-16(12-19(29)26(22)37-28)14-31-21-8-5-9-23(21)36/h2-4,6-7,10-13,15,21,23,31,36H,5,8-9,14H2,1H3/t21?,23-/m1/s1. The molecule has 2 N–H and O–H groups in total. The van der Waals surface area contributed by atoms with Crippen LogP contribution in [-0.2, 0) is 13.6 Å². The molecule has 3 aromatic carbocycles. The summed E-state index contributed by atoms with van der Waals surface area (Å²) >= 11 is 3.61. The molecule has 0 saturated heterocycles. The molecule has 1 aliphatic rings. The van der Waals surface area contributed by atoms with Gasteiger partial charge in [0.15, 0.2) is 11.4 Å². The van der Waals surface area contributed by atoms with E-state index in [-0.39, 0.29) is 23.6 Å². The molecule has 9 heteroatoms. The average molecular weight is 562 g/mol. The molecule has 0 amide bonds. The summed E-state index contributed by atoms with van der Waals surface area (Å²) in [5.41, 5.74) is 4.65. The van der Waals surface area contributed by atoms with Gasteiger partial charge in [-0.1, -0.05) is 36.4 Å². The van der Waals surface area contributed by atoms with Crippen molar-refractivity contribution in [3.63, 3.8) is 0 Å². The van der Waals surface area contributed by atoms with Gasteiger partial charge in [-0.2, -0.15) is 0 Å². The van der Waals surface area contributed by atoms with E-state index >= 15 is 4.39 Å². The number of hydrogen-bond donors (Lipinski definition) is 2. The van der Waals surface area contributed by atoms with E-state index in [1.165, 1.54) is 6.07 Å². The highest BCUT2D eigenvalue weighted by Crippen LogP contribution is 2.42. The normalized spacial score (nSPS) is 17.6. The molecule has 37 heavy (non-hydrogen) atoms. The van der Waals surface area contributed by atoms with Crippen molar-refractivity contribution in [2.75, 3.05) is 0 Å². The van der Waals surface area contributed by atoms with Crippen LogP contribution in [0.2, 0.25) is 0 Å². The lowest BCUT2D eigenvalue weighted by Crippen LogP contribution is -2.35. The molecule has 0 radical (unpaired) electrons. The number of aryl methyl sites for hydroxylation is 1. The smallest absolute Gasteiger partial charge is 0.231 e. The number of halogens is 2. The minimum absolute atomic E-state index is 0.0890. The van der Waals surface area contributed by atoms with Gasteiger partial charge >= 0.3 is 0 Å². The molecule has 2 aromatic heterocycles. The van der Waals surface area contributed by atoms with Gasteiger partial charge in [-0.15, -0.1) is 10.2 Å². The maximum Gasteiger partial charge on any atom is 0.231 e. The number of hydrogen-bond acceptors (Lipinski definition) is 6. The Hall–Kier alpha value is -3.40. The van der Waals surface area contributed by atoms with E-state index in [0.717, 1.165) is 40.4 Å². The summed E-state index contributed by atoms with van der Waals surface area (Å²) in [6.45, 7) is 0.584. The first-order valence-corrected chi connectivity index (χ1v) is 13.0. The van der Waals surface area contributed by atoms with E-state index in [1.807, 2.05) is 49.5 Å². The van der Waals surface area contributed by atoms with Crippen LogP contribution in [0.25, 0.3) is 45.1 Å². The van der Waals surface area contributed by atoms with Crippen molar-refractivity contribution in [3.05, 3.63) is 76.8 Å². The first-order valence-electron chi connectivity index (χ1n) is 12.2. The predicted molar refractivity (Wildman–Crippen MR) is 143 cm³/mol. The summed E-state index contributed by atoms with van der Waals surface area (Å²) in [6.07, 6.45) is 4.08. The second-order valence-corrected chi connectivity index (χ2v) is 10.3. The number of fused-ring (bicyclic) bond motifs is 1. The van der Waals surface area contributed by atoms with E-state index in [2.05, 4.69) is 31.4 Å². The highest BCUT2D eigenvalue weighted by molar-refractivity contribution is 9.10. The van der Waals surface area contributed by atoms with Crippen molar-refractivity contribution in [2.45, 2.75) is 38.0 Å². The molecule has 0 bridgehead atoms. The number of aliphatic hydroxyl groups excluding tert-OH is 1. The maximum atomic E-state index is 15.6. The molecule has 6 rings (SSSR count). The van der Waals surface area contributed by atoms with Gasteiger partial charge in [0.05, 0.1) is 16.1 Å². The van der Waals surface area contributed by atoms with Gasteiger partial charge in [0.2, 0.25) is 5.89 Å². The molecule has 1 fully saturated rings. The number of aromatic nitrogens is 4. The molecule has 0 aliphatic heterocycles. The quantitative estimate of drug-likeness (QED) is 0.270. The third-order valence-electron chi connectivity index (χ3n) is 6.94. The lowest BCUT2D eigenvalue weighted by Gasteiger charge is -2.16. The Labute approximate surface area is 221 Å². The molecule has 1 aliphatic carbocycles.